The molecule has 0 aliphatic heterocycles. The molecular weight excluding hydrogens is 751 g/mol. The van der Waals surface area contributed by atoms with Crippen molar-refractivity contribution in [2.75, 3.05) is 0 Å². The monoisotopic (exact) mass is 792 g/mol. The molecule has 12 rings (SSSR count). The maximum absolute atomic E-state index is 9.48. The second kappa shape index (κ2) is 14.0. The zero-order chi connectivity index (χ0) is 47.4. The molecule has 4 nitrogen and oxygen atoms in total. The van der Waals surface area contributed by atoms with Crippen LogP contribution in [0.1, 0.15) is 12.3 Å². The fourth-order valence-corrected chi connectivity index (χ4v) is 8.95. The molecule has 0 saturated carbocycles. The molecule has 0 atom stereocenters. The first kappa shape index (κ1) is 26.3. The van der Waals surface area contributed by atoms with Crippen LogP contribution >= 0.6 is 11.3 Å². The van der Waals surface area contributed by atoms with Crippen LogP contribution in [0.4, 0.5) is 0 Å². The lowest BCUT2D eigenvalue weighted by Gasteiger charge is -2.11. The van der Waals surface area contributed by atoms with Crippen LogP contribution in [0.15, 0.2) is 204 Å². The molecule has 60 heavy (non-hydrogen) atoms. The van der Waals surface area contributed by atoms with Gasteiger partial charge in [-0.05, 0) is 87.2 Å². The number of thiophene rings is 1. The normalized spacial score (nSPS) is 13.8. The molecule has 0 fully saturated rings. The molecule has 0 N–H and O–H groups in total. The van der Waals surface area contributed by atoms with Crippen LogP contribution < -0.4 is 0 Å². The van der Waals surface area contributed by atoms with E-state index in [-0.39, 0.29) is 56.4 Å². The minimum Gasteiger partial charge on any atom is -0.455 e. The number of hydrogen-bond acceptors (Lipinski definition) is 5. The van der Waals surface area contributed by atoms with Crippen molar-refractivity contribution in [2.24, 2.45) is 0 Å². The van der Waals surface area contributed by atoms with Crippen LogP contribution in [0.3, 0.4) is 0 Å². The largest absolute Gasteiger partial charge is 0.455 e. The molecule has 12 aromatic rings. The zero-order valence-corrected chi connectivity index (χ0v) is 32.3. The predicted octanol–water partition coefficient (Wildman–Crippen LogP) is 15.3. The molecule has 0 radical (unpaired) electrons. The summed E-state index contributed by atoms with van der Waals surface area (Å²) in [6.07, 6.45) is 0. The first-order chi connectivity index (χ1) is 33.4. The second-order valence-corrected chi connectivity index (χ2v) is 15.6. The average Bonchev–Trinajstić information content (AvgIpc) is 3.97. The lowest BCUT2D eigenvalue weighted by molar-refractivity contribution is 0.673. The van der Waals surface area contributed by atoms with Gasteiger partial charge in [0.25, 0.3) is 0 Å². The van der Waals surface area contributed by atoms with Crippen molar-refractivity contribution in [1.82, 2.24) is 15.0 Å². The van der Waals surface area contributed by atoms with Crippen molar-refractivity contribution in [3.63, 3.8) is 0 Å². The Hall–Kier alpha value is -7.73. The highest BCUT2D eigenvalue weighted by atomic mass is 32.1. The molecular formula is C55H33N3OS. The minimum atomic E-state index is -0.554. The lowest BCUT2D eigenvalue weighted by atomic mass is 10.0. The summed E-state index contributed by atoms with van der Waals surface area (Å²) >= 11 is 1.70. The Kier molecular flexibility index (Phi) is 6.13. The van der Waals surface area contributed by atoms with Gasteiger partial charge in [0.2, 0.25) is 0 Å². The van der Waals surface area contributed by atoms with E-state index < -0.39 is 36.3 Å². The number of fused-ring (bicyclic) bond motifs is 8. The van der Waals surface area contributed by atoms with Gasteiger partial charge in [0.1, 0.15) is 11.2 Å². The van der Waals surface area contributed by atoms with Gasteiger partial charge in [0.05, 0.1) is 12.3 Å². The first-order valence-electron chi connectivity index (χ1n) is 23.8. The molecule has 280 valence electrons. The van der Waals surface area contributed by atoms with E-state index in [1.165, 1.54) is 0 Å². The van der Waals surface area contributed by atoms with E-state index >= 15 is 0 Å². The van der Waals surface area contributed by atoms with Gasteiger partial charge in [-0.1, -0.05) is 152 Å². The Morgan fingerprint density at radius 1 is 0.383 bits per heavy atom. The summed E-state index contributed by atoms with van der Waals surface area (Å²) in [6, 6.07) is 44.4. The summed E-state index contributed by atoms with van der Waals surface area (Å²) < 4.78 is 88.0. The van der Waals surface area contributed by atoms with Crippen LogP contribution in [-0.4, -0.2) is 15.0 Å². The van der Waals surface area contributed by atoms with Crippen molar-refractivity contribution >= 4 is 64.2 Å². The highest BCUT2D eigenvalue weighted by molar-refractivity contribution is 7.25. The molecule has 0 bridgehead atoms. The third kappa shape index (κ3) is 5.95. The highest BCUT2D eigenvalue weighted by Gasteiger charge is 2.17. The van der Waals surface area contributed by atoms with Crippen molar-refractivity contribution in [2.45, 2.75) is 0 Å². The molecule has 0 spiro atoms. The molecule has 9 aromatic carbocycles. The molecule has 0 amide bonds. The molecule has 0 unspecified atom stereocenters. The SMILES string of the molecule is [2H]c1c([2H])c([2H])c2c(c1[2H])c([2H])c([2H])c1c2oc2c([2H])c(-c3cccc(-c4nc(-c5cccc(-c6ccccc6)c5)nc(-c5ccc6c(c5)sc5ccc(-c7ccccc7)cc56)n4)c3)c([2H])c([2H])c21. The quantitative estimate of drug-likeness (QED) is 0.168. The Bertz CT molecular complexity index is 4140. The van der Waals surface area contributed by atoms with Crippen molar-refractivity contribution in [3.8, 4) is 67.5 Å². The first-order valence-corrected chi connectivity index (χ1v) is 20.2. The van der Waals surface area contributed by atoms with Crippen LogP contribution in [0.25, 0.3) is 120 Å². The van der Waals surface area contributed by atoms with Crippen molar-refractivity contribution in [3.05, 3.63) is 200 Å². The highest BCUT2D eigenvalue weighted by Crippen LogP contribution is 2.40. The van der Waals surface area contributed by atoms with Crippen LogP contribution in [0.5, 0.6) is 0 Å². The Morgan fingerprint density at radius 2 is 0.967 bits per heavy atom. The maximum Gasteiger partial charge on any atom is 0.164 e. The second-order valence-electron chi connectivity index (χ2n) is 14.5. The standard InChI is InChI=1S/C55H33N3OS/c1-3-11-34(12-4-1)37-16-9-18-41(29-37)53-56-54(58-55(57-53)43-23-26-46-48-31-39(35-13-5-2-6-14-35)24-28-50(48)60-51(46)33-43)42-19-10-17-38(30-42)40-22-25-45-47-27-21-36-15-7-8-20-44(36)52(47)59-49(45)32-40/h1-33H/i7D,8D,15D,20D,21D,22D,25D,27D,32D. The summed E-state index contributed by atoms with van der Waals surface area (Å²) in [7, 11) is 0. The van der Waals surface area contributed by atoms with Crippen LogP contribution in [0.2, 0.25) is 0 Å². The van der Waals surface area contributed by atoms with Gasteiger partial charge in [0, 0.05) is 53.0 Å². The van der Waals surface area contributed by atoms with E-state index in [4.69, 9.17) is 27.6 Å². The number of hydrogen-bond donors (Lipinski definition) is 0. The van der Waals surface area contributed by atoms with Crippen molar-refractivity contribution in [1.29, 1.82) is 0 Å². The number of benzene rings is 9. The lowest BCUT2D eigenvalue weighted by Crippen LogP contribution is -2.00. The van der Waals surface area contributed by atoms with Gasteiger partial charge in [-0.25, -0.2) is 15.0 Å². The van der Waals surface area contributed by atoms with Gasteiger partial charge in [-0.3, -0.25) is 0 Å². The molecule has 5 heteroatoms. The summed E-state index contributed by atoms with van der Waals surface area (Å²) in [6.45, 7) is 0. The summed E-state index contributed by atoms with van der Waals surface area (Å²) in [4.78, 5) is 15.2. The minimum absolute atomic E-state index is 0.0514. The summed E-state index contributed by atoms with van der Waals surface area (Å²) in [5, 5.41) is 1.85. The smallest absolute Gasteiger partial charge is 0.164 e. The van der Waals surface area contributed by atoms with Gasteiger partial charge >= 0.3 is 0 Å². The van der Waals surface area contributed by atoms with E-state index in [1.807, 2.05) is 84.9 Å². The molecule has 0 aliphatic carbocycles. The van der Waals surface area contributed by atoms with Crippen molar-refractivity contribution < 1.29 is 16.8 Å². The van der Waals surface area contributed by atoms with Gasteiger partial charge < -0.3 is 4.42 Å². The topological polar surface area (TPSA) is 51.8 Å². The summed E-state index contributed by atoms with van der Waals surface area (Å²) in [5.41, 5.74) is 6.60. The Balaban J connectivity index is 1.03. The number of rotatable bonds is 6. The number of aromatic nitrogens is 3. The predicted molar refractivity (Wildman–Crippen MR) is 250 cm³/mol. The number of furan rings is 1. The Morgan fingerprint density at radius 3 is 1.68 bits per heavy atom. The van der Waals surface area contributed by atoms with Crippen LogP contribution in [0, 0.1) is 0 Å². The Labute approximate surface area is 362 Å². The van der Waals surface area contributed by atoms with E-state index in [0.29, 0.717) is 28.6 Å². The molecule has 0 aliphatic rings. The fourth-order valence-electron chi connectivity index (χ4n) is 7.82. The van der Waals surface area contributed by atoms with E-state index in [2.05, 4.69) is 42.5 Å². The molecule has 0 saturated heterocycles. The third-order valence-corrected chi connectivity index (χ3v) is 11.9. The van der Waals surface area contributed by atoms with Gasteiger partial charge in [-0.2, -0.15) is 0 Å². The van der Waals surface area contributed by atoms with E-state index in [1.54, 1.807) is 29.5 Å². The number of nitrogens with zero attached hydrogens (tertiary/aromatic N) is 3. The molecule has 3 aromatic heterocycles. The van der Waals surface area contributed by atoms with Crippen LogP contribution in [-0.2, 0) is 0 Å². The fraction of sp³-hybridized carbons (Fsp3) is 0. The molecule has 3 heterocycles. The van der Waals surface area contributed by atoms with Gasteiger partial charge in [-0.15, -0.1) is 11.3 Å². The summed E-state index contributed by atoms with van der Waals surface area (Å²) in [5.74, 6) is 1.22. The van der Waals surface area contributed by atoms with E-state index in [9.17, 15) is 4.11 Å². The zero-order valence-electron chi connectivity index (χ0n) is 40.5. The third-order valence-electron chi connectivity index (χ3n) is 10.8. The maximum atomic E-state index is 9.48. The van der Waals surface area contributed by atoms with Gasteiger partial charge in [0.15, 0.2) is 17.5 Å². The van der Waals surface area contributed by atoms with E-state index in [0.717, 1.165) is 53.6 Å². The average molecular weight is 793 g/mol.